The second-order valence-corrected chi connectivity index (χ2v) is 11.0. The van der Waals surface area contributed by atoms with Crippen molar-refractivity contribution in [1.29, 1.82) is 0 Å². The zero-order valence-electron chi connectivity index (χ0n) is 17.9. The Balaban J connectivity index is 1.34. The van der Waals surface area contributed by atoms with Gasteiger partial charge in [0.25, 0.3) is 0 Å². The second kappa shape index (κ2) is 6.60. The van der Waals surface area contributed by atoms with Crippen LogP contribution >= 0.6 is 0 Å². The van der Waals surface area contributed by atoms with Gasteiger partial charge in [-0.25, -0.2) is 4.98 Å². The number of nitrogens with zero attached hydrogens (tertiary/aromatic N) is 2. The van der Waals surface area contributed by atoms with Crippen LogP contribution in [0.4, 0.5) is 0 Å². The Labute approximate surface area is 169 Å². The van der Waals surface area contributed by atoms with Crippen molar-refractivity contribution >= 4 is 5.91 Å². The van der Waals surface area contributed by atoms with Gasteiger partial charge in [-0.2, -0.15) is 0 Å². The topological polar surface area (TPSA) is 46.9 Å². The lowest BCUT2D eigenvalue weighted by atomic mass is 9.47. The summed E-state index contributed by atoms with van der Waals surface area (Å²) in [5.41, 5.74) is 0.845. The van der Waals surface area contributed by atoms with Crippen LogP contribution in [0.25, 0.3) is 0 Å². The number of rotatable bonds is 3. The molecule has 0 radical (unpaired) electrons. The Hall–Kier alpha value is -1.32. The molecule has 1 aromatic heterocycles. The van der Waals surface area contributed by atoms with Crippen LogP contribution in [0.2, 0.25) is 0 Å². The number of amides is 1. The van der Waals surface area contributed by atoms with Crippen LogP contribution in [0.3, 0.4) is 0 Å². The smallest absolute Gasteiger partial charge is 0.220 e. The molecular weight excluding hydrogens is 346 g/mol. The van der Waals surface area contributed by atoms with Crippen LogP contribution in [0, 0.1) is 34.5 Å². The minimum Gasteiger partial charge on any atom is -0.353 e. The van der Waals surface area contributed by atoms with Crippen molar-refractivity contribution < 1.29 is 4.79 Å². The SMILES string of the molecule is CC(C[C@H]1CC[C@H]2[C@@H]3CCC4NC(=O)CC[C@]4(C)[C@H]3CC[C@]12C)n1ccnc1. The summed E-state index contributed by atoms with van der Waals surface area (Å²) in [6.07, 6.45) is 17.3. The van der Waals surface area contributed by atoms with E-state index in [-0.39, 0.29) is 5.91 Å². The van der Waals surface area contributed by atoms with Gasteiger partial charge in [-0.1, -0.05) is 13.8 Å². The molecule has 2 unspecified atom stereocenters. The minimum atomic E-state index is 0.288. The standard InChI is InChI=1S/C24H37N3O/c1-16(27-13-12-25-15-27)14-17-4-6-19-18-5-7-21-24(3,11-9-22(28)26-21)20(18)8-10-23(17,19)2/h12-13,15-21H,4-11,14H2,1-3H3,(H,26,28)/t16?,17-,18+,19+,20+,21?,23-,24-/m1/s1. The number of nitrogens with one attached hydrogen (secondary N) is 1. The van der Waals surface area contributed by atoms with Gasteiger partial charge in [-0.05, 0) is 92.8 Å². The van der Waals surface area contributed by atoms with E-state index in [1.807, 2.05) is 12.5 Å². The maximum Gasteiger partial charge on any atom is 0.220 e. The highest BCUT2D eigenvalue weighted by Crippen LogP contribution is 2.66. The van der Waals surface area contributed by atoms with Crippen molar-refractivity contribution in [2.75, 3.05) is 0 Å². The molecule has 0 spiro atoms. The molecule has 5 rings (SSSR count). The molecule has 4 heteroatoms. The summed E-state index contributed by atoms with van der Waals surface area (Å²) in [5.74, 6) is 3.71. The summed E-state index contributed by atoms with van der Waals surface area (Å²) >= 11 is 0. The highest BCUT2D eigenvalue weighted by atomic mass is 16.1. The van der Waals surface area contributed by atoms with Crippen LogP contribution in [0.15, 0.2) is 18.7 Å². The molecule has 28 heavy (non-hydrogen) atoms. The first-order valence-corrected chi connectivity index (χ1v) is 11.7. The highest BCUT2D eigenvalue weighted by Gasteiger charge is 2.60. The summed E-state index contributed by atoms with van der Waals surface area (Å²) in [4.78, 5) is 16.2. The van der Waals surface area contributed by atoms with E-state index >= 15 is 0 Å². The lowest BCUT2D eigenvalue weighted by Crippen LogP contribution is -2.61. The Morgan fingerprint density at radius 3 is 2.75 bits per heavy atom. The zero-order valence-corrected chi connectivity index (χ0v) is 17.9. The maximum absolute atomic E-state index is 12.0. The molecule has 1 aromatic rings. The monoisotopic (exact) mass is 383 g/mol. The van der Waals surface area contributed by atoms with E-state index in [0.29, 0.717) is 22.9 Å². The van der Waals surface area contributed by atoms with Crippen molar-refractivity contribution in [3.8, 4) is 0 Å². The van der Waals surface area contributed by atoms with Crippen LogP contribution in [-0.4, -0.2) is 21.5 Å². The number of carbonyl (C=O) groups is 1. The summed E-state index contributed by atoms with van der Waals surface area (Å²) < 4.78 is 2.29. The van der Waals surface area contributed by atoms with E-state index in [0.717, 1.165) is 36.5 Å². The van der Waals surface area contributed by atoms with Crippen LogP contribution < -0.4 is 5.32 Å². The van der Waals surface area contributed by atoms with Crippen LogP contribution in [-0.2, 0) is 4.79 Å². The average Bonchev–Trinajstić information content (AvgIpc) is 3.31. The lowest BCUT2D eigenvalue weighted by molar-refractivity contribution is -0.136. The summed E-state index contributed by atoms with van der Waals surface area (Å²) in [6.45, 7) is 7.49. The molecule has 4 nitrogen and oxygen atoms in total. The molecule has 8 atom stereocenters. The van der Waals surface area contributed by atoms with Crippen molar-refractivity contribution in [3.05, 3.63) is 18.7 Å². The number of aromatic nitrogens is 2. The number of carbonyl (C=O) groups excluding carboxylic acids is 1. The average molecular weight is 384 g/mol. The number of hydrogen-bond donors (Lipinski definition) is 1. The van der Waals surface area contributed by atoms with Gasteiger partial charge >= 0.3 is 0 Å². The summed E-state index contributed by atoms with van der Waals surface area (Å²) in [6, 6.07) is 0.973. The van der Waals surface area contributed by atoms with Gasteiger partial charge in [0.1, 0.15) is 0 Å². The molecule has 1 amide bonds. The van der Waals surface area contributed by atoms with Gasteiger partial charge in [0.05, 0.1) is 6.33 Å². The van der Waals surface area contributed by atoms with Crippen molar-refractivity contribution in [2.24, 2.45) is 34.5 Å². The predicted octanol–water partition coefficient (Wildman–Crippen LogP) is 4.97. The molecule has 1 aliphatic heterocycles. The Morgan fingerprint density at radius 1 is 1.14 bits per heavy atom. The van der Waals surface area contributed by atoms with Crippen molar-refractivity contribution in [1.82, 2.24) is 14.9 Å². The van der Waals surface area contributed by atoms with Gasteiger partial charge in [0, 0.05) is 30.9 Å². The molecule has 1 N–H and O–H groups in total. The first-order valence-electron chi connectivity index (χ1n) is 11.7. The van der Waals surface area contributed by atoms with E-state index in [1.165, 1.54) is 44.9 Å². The molecule has 3 saturated carbocycles. The van der Waals surface area contributed by atoms with E-state index in [1.54, 1.807) is 0 Å². The maximum atomic E-state index is 12.0. The normalized spacial score (nSPS) is 46.2. The third kappa shape index (κ3) is 2.69. The molecular formula is C24H37N3O. The molecule has 3 aliphatic carbocycles. The number of piperidine rings is 1. The van der Waals surface area contributed by atoms with E-state index < -0.39 is 0 Å². The number of imidazole rings is 1. The van der Waals surface area contributed by atoms with Gasteiger partial charge in [0.15, 0.2) is 0 Å². The molecule has 154 valence electrons. The largest absolute Gasteiger partial charge is 0.353 e. The molecule has 4 aliphatic rings. The highest BCUT2D eigenvalue weighted by molar-refractivity contribution is 5.77. The molecule has 1 saturated heterocycles. The second-order valence-electron chi connectivity index (χ2n) is 11.0. The first kappa shape index (κ1) is 18.7. The van der Waals surface area contributed by atoms with Gasteiger partial charge < -0.3 is 9.88 Å². The molecule has 4 fully saturated rings. The number of hydrogen-bond acceptors (Lipinski definition) is 2. The van der Waals surface area contributed by atoms with E-state index in [4.69, 9.17) is 0 Å². The Kier molecular flexibility index (Phi) is 4.41. The van der Waals surface area contributed by atoms with Crippen LogP contribution in [0.1, 0.15) is 84.6 Å². The Bertz CT molecular complexity index is 730. The van der Waals surface area contributed by atoms with Crippen molar-refractivity contribution in [2.45, 2.75) is 90.6 Å². The van der Waals surface area contributed by atoms with Gasteiger partial charge in [-0.15, -0.1) is 0 Å². The first-order chi connectivity index (χ1) is 13.4. The Morgan fingerprint density at radius 2 is 1.96 bits per heavy atom. The number of fused-ring (bicyclic) bond motifs is 5. The molecule has 0 aromatic carbocycles. The van der Waals surface area contributed by atoms with Crippen LogP contribution in [0.5, 0.6) is 0 Å². The predicted molar refractivity (Wildman–Crippen MR) is 111 cm³/mol. The minimum absolute atomic E-state index is 0.288. The fourth-order valence-corrected chi connectivity index (χ4v) is 8.26. The third-order valence-electron chi connectivity index (χ3n) is 9.95. The van der Waals surface area contributed by atoms with Gasteiger partial charge in [0.2, 0.25) is 5.91 Å². The fraction of sp³-hybridized carbons (Fsp3) is 0.833. The molecule has 0 bridgehead atoms. The fourth-order valence-electron chi connectivity index (χ4n) is 8.26. The van der Waals surface area contributed by atoms with Crippen molar-refractivity contribution in [3.63, 3.8) is 0 Å². The van der Waals surface area contributed by atoms with E-state index in [9.17, 15) is 4.79 Å². The van der Waals surface area contributed by atoms with Gasteiger partial charge in [-0.3, -0.25) is 4.79 Å². The quantitative estimate of drug-likeness (QED) is 0.801. The summed E-state index contributed by atoms with van der Waals surface area (Å²) in [7, 11) is 0. The zero-order chi connectivity index (χ0) is 19.5. The third-order valence-corrected chi connectivity index (χ3v) is 9.95. The summed E-state index contributed by atoms with van der Waals surface area (Å²) in [5, 5.41) is 3.36. The lowest BCUT2D eigenvalue weighted by Gasteiger charge is -2.60. The van der Waals surface area contributed by atoms with E-state index in [2.05, 4.69) is 41.8 Å². The molecule has 2 heterocycles.